The van der Waals surface area contributed by atoms with E-state index < -0.39 is 0 Å². The van der Waals surface area contributed by atoms with E-state index in [1.54, 1.807) is 4.90 Å². The van der Waals surface area contributed by atoms with Crippen LogP contribution in [0.1, 0.15) is 33.1 Å². The van der Waals surface area contributed by atoms with Crippen LogP contribution >= 0.6 is 0 Å². The molecule has 1 amide bonds. The maximum Gasteiger partial charge on any atom is 0.410 e. The van der Waals surface area contributed by atoms with Crippen molar-refractivity contribution >= 4 is 11.9 Å². The highest BCUT2D eigenvalue weighted by molar-refractivity contribution is 5.79. The third-order valence-electron chi connectivity index (χ3n) is 2.84. The first kappa shape index (κ1) is 13.6. The van der Waals surface area contributed by atoms with E-state index >= 15 is 0 Å². The Morgan fingerprint density at radius 2 is 2.12 bits per heavy atom. The van der Waals surface area contributed by atoms with Gasteiger partial charge in [0.15, 0.2) is 0 Å². The quantitative estimate of drug-likeness (QED) is 0.339. The summed E-state index contributed by atoms with van der Waals surface area (Å²) in [7, 11) is 0. The molecule has 1 aliphatic rings. The predicted octanol–water partition coefficient (Wildman–Crippen LogP) is 1.38. The van der Waals surface area contributed by atoms with E-state index in [9.17, 15) is 4.79 Å². The molecule has 1 heterocycles. The van der Waals surface area contributed by atoms with Gasteiger partial charge in [0.2, 0.25) is 0 Å². The van der Waals surface area contributed by atoms with Gasteiger partial charge in [-0.05, 0) is 32.6 Å². The standard InChI is InChI=1S/C11H21N3O3/c1-8(2)17-11(15)14-5-3-9(4-6-14)7-10(12)13-16/h8-9,16H,3-7H2,1-2H3,(H2,12,13). The third kappa shape index (κ3) is 4.50. The number of oxime groups is 1. The van der Waals surface area contributed by atoms with Gasteiger partial charge in [0, 0.05) is 19.5 Å². The van der Waals surface area contributed by atoms with Crippen LogP contribution in [0.3, 0.4) is 0 Å². The SMILES string of the molecule is CC(C)OC(=O)N1CCC(C/C(N)=N\O)CC1. The smallest absolute Gasteiger partial charge is 0.410 e. The summed E-state index contributed by atoms with van der Waals surface area (Å²) in [4.78, 5) is 13.3. The molecule has 0 aromatic carbocycles. The highest BCUT2D eigenvalue weighted by atomic mass is 16.6. The second-order valence-corrected chi connectivity index (χ2v) is 4.66. The lowest BCUT2D eigenvalue weighted by Crippen LogP contribution is -2.40. The molecule has 0 spiro atoms. The minimum absolute atomic E-state index is 0.0857. The summed E-state index contributed by atoms with van der Waals surface area (Å²) < 4.78 is 5.13. The zero-order chi connectivity index (χ0) is 12.8. The minimum Gasteiger partial charge on any atom is -0.447 e. The summed E-state index contributed by atoms with van der Waals surface area (Å²) >= 11 is 0. The number of amides is 1. The summed E-state index contributed by atoms with van der Waals surface area (Å²) in [6, 6.07) is 0. The normalized spacial score (nSPS) is 18.5. The van der Waals surface area contributed by atoms with Crippen LogP contribution < -0.4 is 5.73 Å². The molecule has 0 aromatic rings. The molecule has 1 aliphatic heterocycles. The van der Waals surface area contributed by atoms with Crippen LogP contribution in [0.25, 0.3) is 0 Å². The maximum absolute atomic E-state index is 11.6. The van der Waals surface area contributed by atoms with E-state index in [4.69, 9.17) is 15.7 Å². The van der Waals surface area contributed by atoms with E-state index in [0.29, 0.717) is 25.4 Å². The van der Waals surface area contributed by atoms with Gasteiger partial charge in [-0.2, -0.15) is 0 Å². The van der Waals surface area contributed by atoms with Crippen molar-refractivity contribution in [2.75, 3.05) is 13.1 Å². The highest BCUT2D eigenvalue weighted by Crippen LogP contribution is 2.21. The summed E-state index contributed by atoms with van der Waals surface area (Å²) in [5, 5.41) is 11.4. The van der Waals surface area contributed by atoms with E-state index in [2.05, 4.69) is 5.16 Å². The van der Waals surface area contributed by atoms with E-state index in [-0.39, 0.29) is 18.0 Å². The van der Waals surface area contributed by atoms with Crippen LogP contribution in [0.2, 0.25) is 0 Å². The first-order valence-electron chi connectivity index (χ1n) is 5.95. The molecule has 0 aromatic heterocycles. The average Bonchev–Trinajstić information content (AvgIpc) is 2.28. The Kier molecular flexibility index (Phi) is 5.06. The maximum atomic E-state index is 11.6. The van der Waals surface area contributed by atoms with Crippen molar-refractivity contribution in [3.05, 3.63) is 0 Å². The number of hydrogen-bond acceptors (Lipinski definition) is 4. The number of hydrogen-bond donors (Lipinski definition) is 2. The van der Waals surface area contributed by atoms with E-state index in [1.165, 1.54) is 0 Å². The van der Waals surface area contributed by atoms with Gasteiger partial charge in [-0.3, -0.25) is 0 Å². The Balaban J connectivity index is 2.33. The Hall–Kier alpha value is -1.46. The van der Waals surface area contributed by atoms with Gasteiger partial charge in [0.25, 0.3) is 0 Å². The van der Waals surface area contributed by atoms with Crippen LogP contribution in [0, 0.1) is 5.92 Å². The van der Waals surface area contributed by atoms with Gasteiger partial charge in [-0.1, -0.05) is 5.16 Å². The van der Waals surface area contributed by atoms with Crippen molar-refractivity contribution < 1.29 is 14.7 Å². The number of rotatable bonds is 3. The molecule has 1 rings (SSSR count). The topological polar surface area (TPSA) is 88.2 Å². The van der Waals surface area contributed by atoms with Crippen LogP contribution in [0.15, 0.2) is 5.16 Å². The summed E-state index contributed by atoms with van der Waals surface area (Å²) in [5.41, 5.74) is 5.46. The fraction of sp³-hybridized carbons (Fsp3) is 0.818. The number of carbonyl (C=O) groups is 1. The monoisotopic (exact) mass is 243 g/mol. The molecule has 0 bridgehead atoms. The van der Waals surface area contributed by atoms with Crippen molar-refractivity contribution in [1.82, 2.24) is 4.90 Å². The van der Waals surface area contributed by atoms with Crippen molar-refractivity contribution in [2.45, 2.75) is 39.2 Å². The molecular weight excluding hydrogens is 222 g/mol. The van der Waals surface area contributed by atoms with Gasteiger partial charge < -0.3 is 20.6 Å². The average molecular weight is 243 g/mol. The lowest BCUT2D eigenvalue weighted by atomic mass is 9.93. The molecule has 98 valence electrons. The largest absolute Gasteiger partial charge is 0.447 e. The molecule has 0 unspecified atom stereocenters. The molecule has 1 saturated heterocycles. The molecule has 0 atom stereocenters. The zero-order valence-corrected chi connectivity index (χ0v) is 10.4. The molecular formula is C11H21N3O3. The number of carbonyl (C=O) groups excluding carboxylic acids is 1. The van der Waals surface area contributed by atoms with Gasteiger partial charge >= 0.3 is 6.09 Å². The Labute approximate surface area is 101 Å². The highest BCUT2D eigenvalue weighted by Gasteiger charge is 2.24. The molecule has 0 saturated carbocycles. The molecule has 17 heavy (non-hydrogen) atoms. The number of nitrogens with zero attached hydrogens (tertiary/aromatic N) is 2. The van der Waals surface area contributed by atoms with Crippen LogP contribution in [-0.4, -0.2) is 41.2 Å². The van der Waals surface area contributed by atoms with Crippen molar-refractivity contribution in [1.29, 1.82) is 0 Å². The lowest BCUT2D eigenvalue weighted by Gasteiger charge is -2.31. The van der Waals surface area contributed by atoms with Crippen molar-refractivity contribution in [3.63, 3.8) is 0 Å². The van der Waals surface area contributed by atoms with Crippen LogP contribution in [-0.2, 0) is 4.74 Å². The molecule has 6 heteroatoms. The Morgan fingerprint density at radius 3 is 2.59 bits per heavy atom. The number of piperidine rings is 1. The minimum atomic E-state index is -0.248. The van der Waals surface area contributed by atoms with Gasteiger partial charge in [-0.15, -0.1) is 0 Å². The molecule has 0 radical (unpaired) electrons. The van der Waals surface area contributed by atoms with Crippen LogP contribution in [0.4, 0.5) is 4.79 Å². The van der Waals surface area contributed by atoms with Crippen LogP contribution in [0.5, 0.6) is 0 Å². The number of likely N-dealkylation sites (tertiary alicyclic amines) is 1. The van der Waals surface area contributed by atoms with E-state index in [1.807, 2.05) is 13.8 Å². The second kappa shape index (κ2) is 6.32. The zero-order valence-electron chi connectivity index (χ0n) is 10.4. The first-order valence-corrected chi connectivity index (χ1v) is 5.95. The number of nitrogens with two attached hydrogens (primary N) is 1. The first-order chi connectivity index (χ1) is 8.02. The van der Waals surface area contributed by atoms with Crippen molar-refractivity contribution in [3.8, 4) is 0 Å². The fourth-order valence-electron chi connectivity index (χ4n) is 1.93. The summed E-state index contributed by atoms with van der Waals surface area (Å²) in [6.45, 7) is 5.02. The lowest BCUT2D eigenvalue weighted by molar-refractivity contribution is 0.0657. The van der Waals surface area contributed by atoms with Gasteiger partial charge in [0.1, 0.15) is 5.84 Å². The molecule has 3 N–H and O–H groups in total. The predicted molar refractivity (Wildman–Crippen MR) is 63.9 cm³/mol. The second-order valence-electron chi connectivity index (χ2n) is 4.66. The van der Waals surface area contributed by atoms with E-state index in [0.717, 1.165) is 12.8 Å². The number of amidine groups is 1. The fourth-order valence-corrected chi connectivity index (χ4v) is 1.93. The third-order valence-corrected chi connectivity index (χ3v) is 2.84. The molecule has 1 fully saturated rings. The Bertz CT molecular complexity index is 284. The van der Waals surface area contributed by atoms with Crippen molar-refractivity contribution in [2.24, 2.45) is 16.8 Å². The summed E-state index contributed by atoms with van der Waals surface area (Å²) in [5.74, 6) is 0.641. The van der Waals surface area contributed by atoms with Gasteiger partial charge in [-0.25, -0.2) is 4.79 Å². The van der Waals surface area contributed by atoms with Gasteiger partial charge in [0.05, 0.1) is 6.10 Å². The molecule has 6 nitrogen and oxygen atoms in total. The number of ether oxygens (including phenoxy) is 1. The summed E-state index contributed by atoms with van der Waals surface area (Å²) in [6.07, 6.45) is 1.98. The Morgan fingerprint density at radius 1 is 1.53 bits per heavy atom. The molecule has 0 aliphatic carbocycles.